The second-order valence-electron chi connectivity index (χ2n) is 7.40. The fourth-order valence-electron chi connectivity index (χ4n) is 3.25. The van der Waals surface area contributed by atoms with Gasteiger partial charge in [0.1, 0.15) is 5.75 Å². The van der Waals surface area contributed by atoms with Crippen LogP contribution in [0.25, 0.3) is 0 Å². The van der Waals surface area contributed by atoms with Gasteiger partial charge in [-0.15, -0.1) is 0 Å². The van der Waals surface area contributed by atoms with E-state index in [4.69, 9.17) is 4.74 Å². The van der Waals surface area contributed by atoms with E-state index in [1.54, 1.807) is 0 Å². The van der Waals surface area contributed by atoms with Crippen molar-refractivity contribution in [2.75, 3.05) is 11.9 Å². The first-order valence-electron chi connectivity index (χ1n) is 8.49. The summed E-state index contributed by atoms with van der Waals surface area (Å²) < 4.78 is 5.84. The zero-order valence-electron chi connectivity index (χ0n) is 14.1. The molecule has 0 spiro atoms. The first-order chi connectivity index (χ1) is 10.0. The molecule has 1 N–H and O–H groups in total. The molecular formula is C19H31NO. The zero-order chi connectivity index (χ0) is 15.3. The molecular weight excluding hydrogens is 258 g/mol. The summed E-state index contributed by atoms with van der Waals surface area (Å²) in [5.74, 6) is 1.86. The van der Waals surface area contributed by atoms with Crippen molar-refractivity contribution in [1.29, 1.82) is 0 Å². The topological polar surface area (TPSA) is 21.3 Å². The first kappa shape index (κ1) is 16.2. The summed E-state index contributed by atoms with van der Waals surface area (Å²) in [5, 5.41) is 3.71. The maximum absolute atomic E-state index is 5.84. The van der Waals surface area contributed by atoms with Crippen molar-refractivity contribution >= 4 is 5.69 Å². The lowest BCUT2D eigenvalue weighted by molar-refractivity contribution is 0.173. The molecule has 0 heterocycles. The Morgan fingerprint density at radius 3 is 2.38 bits per heavy atom. The maximum atomic E-state index is 5.84. The highest BCUT2D eigenvalue weighted by Crippen LogP contribution is 2.39. The number of ether oxygens (including phenoxy) is 1. The van der Waals surface area contributed by atoms with Crippen LogP contribution in [0.2, 0.25) is 0 Å². The minimum atomic E-state index is 0.452. The standard InChI is InChI=1S/C19H31NO/c1-5-14-21-18-9-7-6-8-17(18)20-16-12-10-15(11-13-16)19(2,3)4/h6-9,15-16,20H,5,10-14H2,1-4H3. The molecule has 1 aliphatic carbocycles. The maximum Gasteiger partial charge on any atom is 0.142 e. The minimum Gasteiger partial charge on any atom is -0.491 e. The molecule has 1 aromatic carbocycles. The van der Waals surface area contributed by atoms with Gasteiger partial charge in [-0.05, 0) is 55.6 Å². The van der Waals surface area contributed by atoms with Gasteiger partial charge < -0.3 is 10.1 Å². The van der Waals surface area contributed by atoms with Crippen molar-refractivity contribution in [2.45, 2.75) is 65.8 Å². The van der Waals surface area contributed by atoms with Crippen LogP contribution in [0.15, 0.2) is 24.3 Å². The van der Waals surface area contributed by atoms with Gasteiger partial charge in [-0.25, -0.2) is 0 Å². The molecule has 2 rings (SSSR count). The molecule has 0 aliphatic heterocycles. The van der Waals surface area contributed by atoms with E-state index >= 15 is 0 Å². The average Bonchev–Trinajstić information content (AvgIpc) is 2.46. The molecule has 2 nitrogen and oxygen atoms in total. The molecule has 1 saturated carbocycles. The molecule has 1 fully saturated rings. The lowest BCUT2D eigenvalue weighted by atomic mass is 9.71. The van der Waals surface area contributed by atoms with E-state index in [2.05, 4.69) is 51.2 Å². The van der Waals surface area contributed by atoms with E-state index in [9.17, 15) is 0 Å². The van der Waals surface area contributed by atoms with Crippen molar-refractivity contribution in [3.8, 4) is 5.75 Å². The van der Waals surface area contributed by atoms with Crippen LogP contribution in [0, 0.1) is 11.3 Å². The van der Waals surface area contributed by atoms with Crippen LogP contribution in [0.5, 0.6) is 5.75 Å². The smallest absolute Gasteiger partial charge is 0.142 e. The summed E-state index contributed by atoms with van der Waals surface area (Å²) in [6, 6.07) is 8.93. The van der Waals surface area contributed by atoms with Crippen LogP contribution in [0.3, 0.4) is 0 Å². The number of anilines is 1. The third-order valence-corrected chi connectivity index (χ3v) is 4.66. The van der Waals surface area contributed by atoms with Crippen molar-refractivity contribution in [2.24, 2.45) is 11.3 Å². The fourth-order valence-corrected chi connectivity index (χ4v) is 3.25. The molecule has 1 aliphatic rings. The van der Waals surface area contributed by atoms with Gasteiger partial charge in [-0.3, -0.25) is 0 Å². The van der Waals surface area contributed by atoms with Gasteiger partial charge in [0, 0.05) is 6.04 Å². The Labute approximate surface area is 130 Å². The molecule has 0 bridgehead atoms. The molecule has 2 heteroatoms. The number of hydrogen-bond donors (Lipinski definition) is 1. The summed E-state index contributed by atoms with van der Waals surface area (Å²) in [5.41, 5.74) is 1.61. The lowest BCUT2D eigenvalue weighted by Gasteiger charge is -2.37. The van der Waals surface area contributed by atoms with Crippen molar-refractivity contribution in [3.63, 3.8) is 0 Å². The van der Waals surface area contributed by atoms with Crippen LogP contribution in [0.4, 0.5) is 5.69 Å². The molecule has 118 valence electrons. The number of nitrogens with one attached hydrogen (secondary N) is 1. The average molecular weight is 289 g/mol. The van der Waals surface area contributed by atoms with Gasteiger partial charge in [0.15, 0.2) is 0 Å². The zero-order valence-corrected chi connectivity index (χ0v) is 14.1. The second-order valence-corrected chi connectivity index (χ2v) is 7.40. The van der Waals surface area contributed by atoms with Gasteiger partial charge in [0.05, 0.1) is 12.3 Å². The Bertz CT molecular complexity index is 427. The summed E-state index contributed by atoms with van der Waals surface area (Å²) in [6.07, 6.45) is 6.25. The van der Waals surface area contributed by atoms with E-state index in [1.165, 1.54) is 25.7 Å². The van der Waals surface area contributed by atoms with Crippen molar-refractivity contribution in [1.82, 2.24) is 0 Å². The van der Waals surface area contributed by atoms with Crippen molar-refractivity contribution in [3.05, 3.63) is 24.3 Å². The Morgan fingerprint density at radius 1 is 1.10 bits per heavy atom. The Balaban J connectivity index is 1.91. The van der Waals surface area contributed by atoms with Crippen LogP contribution in [-0.2, 0) is 0 Å². The Morgan fingerprint density at radius 2 is 1.76 bits per heavy atom. The van der Waals surface area contributed by atoms with E-state index in [0.29, 0.717) is 11.5 Å². The molecule has 0 radical (unpaired) electrons. The highest BCUT2D eigenvalue weighted by Gasteiger charge is 2.29. The summed E-state index contributed by atoms with van der Waals surface area (Å²) in [4.78, 5) is 0. The van der Waals surface area contributed by atoms with Gasteiger partial charge in [-0.2, -0.15) is 0 Å². The third-order valence-electron chi connectivity index (χ3n) is 4.66. The SMILES string of the molecule is CCCOc1ccccc1NC1CCC(C(C)(C)C)CC1. The van der Waals surface area contributed by atoms with Gasteiger partial charge in [0.2, 0.25) is 0 Å². The van der Waals surface area contributed by atoms with E-state index in [0.717, 1.165) is 30.4 Å². The second kappa shape index (κ2) is 7.20. The summed E-state index contributed by atoms with van der Waals surface area (Å²) in [7, 11) is 0. The first-order valence-corrected chi connectivity index (χ1v) is 8.49. The molecule has 0 atom stereocenters. The van der Waals surface area contributed by atoms with Gasteiger partial charge >= 0.3 is 0 Å². The van der Waals surface area contributed by atoms with Crippen LogP contribution in [0.1, 0.15) is 59.8 Å². The molecule has 0 amide bonds. The minimum absolute atomic E-state index is 0.452. The summed E-state index contributed by atoms with van der Waals surface area (Å²) >= 11 is 0. The van der Waals surface area contributed by atoms with Crippen LogP contribution < -0.4 is 10.1 Å². The van der Waals surface area contributed by atoms with Crippen LogP contribution >= 0.6 is 0 Å². The van der Waals surface area contributed by atoms with Crippen molar-refractivity contribution < 1.29 is 4.74 Å². The van der Waals surface area contributed by atoms with Gasteiger partial charge in [0.25, 0.3) is 0 Å². The Hall–Kier alpha value is -1.18. The van der Waals surface area contributed by atoms with E-state index < -0.39 is 0 Å². The predicted octanol–water partition coefficient (Wildman–Crippen LogP) is 5.49. The molecule has 0 unspecified atom stereocenters. The lowest BCUT2D eigenvalue weighted by Crippen LogP contribution is -2.31. The monoisotopic (exact) mass is 289 g/mol. The summed E-state index contributed by atoms with van der Waals surface area (Å²) in [6.45, 7) is 10.1. The van der Waals surface area contributed by atoms with E-state index in [-0.39, 0.29) is 0 Å². The highest BCUT2D eigenvalue weighted by atomic mass is 16.5. The fraction of sp³-hybridized carbons (Fsp3) is 0.684. The number of rotatable bonds is 5. The quantitative estimate of drug-likeness (QED) is 0.773. The Kier molecular flexibility index (Phi) is 5.55. The highest BCUT2D eigenvalue weighted by molar-refractivity contribution is 5.56. The number of hydrogen-bond acceptors (Lipinski definition) is 2. The molecule has 21 heavy (non-hydrogen) atoms. The van der Waals surface area contributed by atoms with E-state index in [1.807, 2.05) is 6.07 Å². The largest absolute Gasteiger partial charge is 0.491 e. The third kappa shape index (κ3) is 4.66. The molecule has 0 aromatic heterocycles. The molecule has 0 saturated heterocycles. The number of benzene rings is 1. The van der Waals surface area contributed by atoms with Gasteiger partial charge in [-0.1, -0.05) is 39.8 Å². The number of para-hydroxylation sites is 2. The predicted molar refractivity (Wildman–Crippen MR) is 91.1 cm³/mol. The molecule has 1 aromatic rings. The van der Waals surface area contributed by atoms with Crippen LogP contribution in [-0.4, -0.2) is 12.6 Å². The normalized spacial score (nSPS) is 22.9.